The van der Waals surface area contributed by atoms with Crippen LogP contribution in [0.4, 0.5) is 0 Å². The molecular formula is C11H15BrN2O. The number of nitrogens with zero attached hydrogens (tertiary/aromatic N) is 2. The molecule has 1 aromatic heterocycles. The van der Waals surface area contributed by atoms with Crippen molar-refractivity contribution in [3.05, 3.63) is 28.5 Å². The molecule has 0 aromatic carbocycles. The van der Waals surface area contributed by atoms with Gasteiger partial charge in [0.25, 0.3) is 0 Å². The van der Waals surface area contributed by atoms with Crippen molar-refractivity contribution in [2.75, 3.05) is 19.8 Å². The average Bonchev–Trinajstić information content (AvgIpc) is 2.25. The maximum atomic E-state index is 5.40. The van der Waals surface area contributed by atoms with Crippen molar-refractivity contribution in [2.24, 2.45) is 0 Å². The Bertz CT molecular complexity index is 315. The molecule has 1 aliphatic heterocycles. The SMILES string of the molecule is CC1COCCN1Cc1ccc(Br)cn1. The van der Waals surface area contributed by atoms with E-state index in [1.165, 1.54) is 0 Å². The van der Waals surface area contributed by atoms with E-state index in [0.29, 0.717) is 6.04 Å². The van der Waals surface area contributed by atoms with Crippen molar-refractivity contribution in [2.45, 2.75) is 19.5 Å². The van der Waals surface area contributed by atoms with Gasteiger partial charge < -0.3 is 4.74 Å². The van der Waals surface area contributed by atoms with E-state index in [4.69, 9.17) is 4.74 Å². The second-order valence-corrected chi connectivity index (χ2v) is 4.78. The van der Waals surface area contributed by atoms with Crippen LogP contribution in [0.2, 0.25) is 0 Å². The molecule has 1 saturated heterocycles. The van der Waals surface area contributed by atoms with Crippen molar-refractivity contribution in [3.63, 3.8) is 0 Å². The Hall–Kier alpha value is -0.450. The fraction of sp³-hybridized carbons (Fsp3) is 0.545. The van der Waals surface area contributed by atoms with E-state index in [9.17, 15) is 0 Å². The predicted molar refractivity (Wildman–Crippen MR) is 62.6 cm³/mol. The van der Waals surface area contributed by atoms with E-state index in [-0.39, 0.29) is 0 Å². The van der Waals surface area contributed by atoms with Gasteiger partial charge in [0.05, 0.1) is 18.9 Å². The Kier molecular flexibility index (Phi) is 3.72. The first kappa shape index (κ1) is 11.0. The second-order valence-electron chi connectivity index (χ2n) is 3.86. The van der Waals surface area contributed by atoms with E-state index in [1.54, 1.807) is 0 Å². The Morgan fingerprint density at radius 3 is 3.13 bits per heavy atom. The van der Waals surface area contributed by atoms with E-state index in [2.05, 4.69) is 38.8 Å². The molecule has 0 spiro atoms. The zero-order valence-electron chi connectivity index (χ0n) is 8.82. The van der Waals surface area contributed by atoms with E-state index >= 15 is 0 Å². The Morgan fingerprint density at radius 2 is 2.47 bits per heavy atom. The summed E-state index contributed by atoms with van der Waals surface area (Å²) in [5, 5.41) is 0. The molecule has 1 fully saturated rings. The van der Waals surface area contributed by atoms with Crippen LogP contribution in [0.15, 0.2) is 22.8 Å². The van der Waals surface area contributed by atoms with Crippen LogP contribution in [0.5, 0.6) is 0 Å². The molecule has 0 radical (unpaired) electrons. The van der Waals surface area contributed by atoms with Crippen LogP contribution in [0.1, 0.15) is 12.6 Å². The van der Waals surface area contributed by atoms with E-state index < -0.39 is 0 Å². The number of pyridine rings is 1. The van der Waals surface area contributed by atoms with Gasteiger partial charge in [0.1, 0.15) is 0 Å². The maximum absolute atomic E-state index is 5.40. The van der Waals surface area contributed by atoms with Crippen molar-refractivity contribution in [1.29, 1.82) is 0 Å². The highest BCUT2D eigenvalue weighted by molar-refractivity contribution is 9.10. The molecule has 1 aromatic rings. The lowest BCUT2D eigenvalue weighted by Crippen LogP contribution is -2.43. The molecule has 2 rings (SSSR count). The summed E-state index contributed by atoms with van der Waals surface area (Å²) in [6.07, 6.45) is 1.85. The molecule has 1 unspecified atom stereocenters. The molecule has 1 atom stereocenters. The number of morpholine rings is 1. The maximum Gasteiger partial charge on any atom is 0.0619 e. The van der Waals surface area contributed by atoms with Crippen LogP contribution in [-0.2, 0) is 11.3 Å². The zero-order chi connectivity index (χ0) is 10.7. The zero-order valence-corrected chi connectivity index (χ0v) is 10.4. The molecule has 0 amide bonds. The minimum Gasteiger partial charge on any atom is -0.379 e. The molecule has 4 heteroatoms. The predicted octanol–water partition coefficient (Wildman–Crippen LogP) is 2.06. The first-order chi connectivity index (χ1) is 7.25. The normalized spacial score (nSPS) is 22.9. The number of aromatic nitrogens is 1. The third kappa shape index (κ3) is 3.00. The molecule has 15 heavy (non-hydrogen) atoms. The minimum atomic E-state index is 0.490. The largest absolute Gasteiger partial charge is 0.379 e. The molecule has 3 nitrogen and oxygen atoms in total. The van der Waals surface area contributed by atoms with Crippen LogP contribution >= 0.6 is 15.9 Å². The molecule has 0 aliphatic carbocycles. The number of rotatable bonds is 2. The number of hydrogen-bond donors (Lipinski definition) is 0. The molecule has 2 heterocycles. The van der Waals surface area contributed by atoms with Crippen LogP contribution in [0.25, 0.3) is 0 Å². The first-order valence-electron chi connectivity index (χ1n) is 5.18. The third-order valence-corrected chi connectivity index (χ3v) is 3.13. The second kappa shape index (κ2) is 5.05. The molecular weight excluding hydrogens is 256 g/mol. The summed E-state index contributed by atoms with van der Waals surface area (Å²) >= 11 is 3.39. The molecule has 1 aliphatic rings. The fourth-order valence-corrected chi connectivity index (χ4v) is 1.94. The van der Waals surface area contributed by atoms with Crippen molar-refractivity contribution >= 4 is 15.9 Å². The number of hydrogen-bond acceptors (Lipinski definition) is 3. The molecule has 0 saturated carbocycles. The molecule has 0 bridgehead atoms. The van der Waals surface area contributed by atoms with Crippen LogP contribution < -0.4 is 0 Å². The van der Waals surface area contributed by atoms with Gasteiger partial charge >= 0.3 is 0 Å². The molecule has 82 valence electrons. The summed E-state index contributed by atoms with van der Waals surface area (Å²) in [4.78, 5) is 6.78. The highest BCUT2D eigenvalue weighted by atomic mass is 79.9. The smallest absolute Gasteiger partial charge is 0.0619 e. The highest BCUT2D eigenvalue weighted by Gasteiger charge is 2.18. The van der Waals surface area contributed by atoms with Crippen molar-refractivity contribution in [3.8, 4) is 0 Å². The van der Waals surface area contributed by atoms with Crippen LogP contribution in [-0.4, -0.2) is 35.7 Å². The third-order valence-electron chi connectivity index (χ3n) is 2.66. The fourth-order valence-electron chi connectivity index (χ4n) is 1.70. The number of ether oxygens (including phenoxy) is 1. The van der Waals surface area contributed by atoms with Crippen molar-refractivity contribution < 1.29 is 4.74 Å². The topological polar surface area (TPSA) is 25.4 Å². The average molecular weight is 271 g/mol. The lowest BCUT2D eigenvalue weighted by atomic mass is 10.2. The summed E-state index contributed by atoms with van der Waals surface area (Å²) in [5.41, 5.74) is 1.12. The Labute approximate surface area is 98.6 Å². The van der Waals surface area contributed by atoms with Gasteiger partial charge in [0, 0.05) is 29.8 Å². The van der Waals surface area contributed by atoms with Gasteiger partial charge in [0.15, 0.2) is 0 Å². The minimum absolute atomic E-state index is 0.490. The standard InChI is InChI=1S/C11H15BrN2O/c1-9-8-15-5-4-14(9)7-11-3-2-10(12)6-13-11/h2-3,6,9H,4-5,7-8H2,1H3. The summed E-state index contributed by atoms with van der Waals surface area (Å²) in [6.45, 7) is 5.77. The Balaban J connectivity index is 1.98. The van der Waals surface area contributed by atoms with Gasteiger partial charge in [0.2, 0.25) is 0 Å². The highest BCUT2D eigenvalue weighted by Crippen LogP contribution is 2.12. The van der Waals surface area contributed by atoms with E-state index in [1.807, 2.05) is 12.3 Å². The number of halogens is 1. The van der Waals surface area contributed by atoms with Gasteiger partial charge in [-0.05, 0) is 35.0 Å². The summed E-state index contributed by atoms with van der Waals surface area (Å²) in [6, 6.07) is 4.59. The van der Waals surface area contributed by atoms with Crippen molar-refractivity contribution in [1.82, 2.24) is 9.88 Å². The van der Waals surface area contributed by atoms with Gasteiger partial charge in [-0.1, -0.05) is 0 Å². The Morgan fingerprint density at radius 1 is 1.60 bits per heavy atom. The van der Waals surface area contributed by atoms with Crippen LogP contribution in [0.3, 0.4) is 0 Å². The van der Waals surface area contributed by atoms with Gasteiger partial charge in [-0.25, -0.2) is 0 Å². The van der Waals surface area contributed by atoms with Gasteiger partial charge in [-0.15, -0.1) is 0 Å². The lowest BCUT2D eigenvalue weighted by Gasteiger charge is -2.32. The summed E-state index contributed by atoms with van der Waals surface area (Å²) < 4.78 is 6.43. The first-order valence-corrected chi connectivity index (χ1v) is 5.97. The quantitative estimate of drug-likeness (QED) is 0.823. The summed E-state index contributed by atoms with van der Waals surface area (Å²) in [5.74, 6) is 0. The van der Waals surface area contributed by atoms with Gasteiger partial charge in [-0.2, -0.15) is 0 Å². The monoisotopic (exact) mass is 270 g/mol. The molecule has 0 N–H and O–H groups in total. The summed E-state index contributed by atoms with van der Waals surface area (Å²) in [7, 11) is 0. The van der Waals surface area contributed by atoms with E-state index in [0.717, 1.165) is 36.5 Å². The lowest BCUT2D eigenvalue weighted by molar-refractivity contribution is -0.00490. The van der Waals surface area contributed by atoms with Crippen LogP contribution in [0, 0.1) is 0 Å². The van der Waals surface area contributed by atoms with Gasteiger partial charge in [-0.3, -0.25) is 9.88 Å².